The van der Waals surface area contributed by atoms with Crippen LogP contribution < -0.4 is 0 Å². The lowest BCUT2D eigenvalue weighted by Gasteiger charge is -2.32. The van der Waals surface area contributed by atoms with E-state index in [1.165, 1.54) is 34.0 Å². The van der Waals surface area contributed by atoms with Crippen LogP contribution >= 0.6 is 27.7 Å². The van der Waals surface area contributed by atoms with E-state index in [1.807, 2.05) is 0 Å². The Morgan fingerprint density at radius 3 is 2.08 bits per heavy atom. The molecule has 6 nitrogen and oxygen atoms in total. The van der Waals surface area contributed by atoms with Crippen molar-refractivity contribution in [3.8, 4) is 22.3 Å². The molecular weight excluding hydrogens is 552 g/mol. The fraction of sp³-hybridized carbons (Fsp3) is 0.379. The Kier molecular flexibility index (Phi) is 8.64. The van der Waals surface area contributed by atoms with Crippen LogP contribution in [0.5, 0.6) is 0 Å². The van der Waals surface area contributed by atoms with E-state index in [1.54, 1.807) is 14.2 Å². The summed E-state index contributed by atoms with van der Waals surface area (Å²) in [7, 11) is 3.40. The van der Waals surface area contributed by atoms with Crippen LogP contribution in [0, 0.1) is 0 Å². The summed E-state index contributed by atoms with van der Waals surface area (Å²) < 4.78 is 32.5. The van der Waals surface area contributed by atoms with Crippen molar-refractivity contribution in [2.24, 2.45) is 0 Å². The van der Waals surface area contributed by atoms with Gasteiger partial charge in [0.15, 0.2) is 0 Å². The van der Waals surface area contributed by atoms with Gasteiger partial charge in [0, 0.05) is 42.9 Å². The quantitative estimate of drug-likeness (QED) is 0.168. The molecular formula is C29H31BrN2O4S. The second-order valence-corrected chi connectivity index (χ2v) is 10.5. The Hall–Kier alpha value is -2.20. The van der Waals surface area contributed by atoms with Crippen LogP contribution in [0.25, 0.3) is 33.3 Å². The molecule has 0 N–H and O–H groups in total. The molecule has 3 aromatic carbocycles. The molecule has 0 saturated carbocycles. The van der Waals surface area contributed by atoms with Crippen LogP contribution in [0.1, 0.15) is 24.0 Å². The highest BCUT2D eigenvalue weighted by molar-refractivity contribution is 9.10. The third-order valence-corrected chi connectivity index (χ3v) is 8.32. The van der Waals surface area contributed by atoms with Gasteiger partial charge >= 0.3 is 0 Å². The van der Waals surface area contributed by atoms with Gasteiger partial charge < -0.3 is 18.9 Å². The molecule has 5 rings (SSSR count). The van der Waals surface area contributed by atoms with Gasteiger partial charge in [-0.3, -0.25) is 0 Å². The average molecular weight is 584 g/mol. The van der Waals surface area contributed by atoms with Crippen LogP contribution in [-0.2, 0) is 24.4 Å². The summed E-state index contributed by atoms with van der Waals surface area (Å²) in [5, 5.41) is 0. The first-order valence-corrected chi connectivity index (χ1v) is 14.0. The number of hydrogen-bond donors (Lipinski definition) is 0. The first-order chi connectivity index (χ1) is 18.2. The molecule has 0 amide bonds. The Labute approximate surface area is 230 Å². The topological polar surface area (TPSA) is 62.7 Å². The van der Waals surface area contributed by atoms with Crippen LogP contribution in [0.3, 0.4) is 0 Å². The molecule has 37 heavy (non-hydrogen) atoms. The number of aromatic nitrogens is 2. The third kappa shape index (κ3) is 5.24. The van der Waals surface area contributed by atoms with E-state index < -0.39 is 0 Å². The summed E-state index contributed by atoms with van der Waals surface area (Å²) in [5.74, 6) is 0. The molecule has 4 aromatic rings. The van der Waals surface area contributed by atoms with Crippen molar-refractivity contribution in [3.63, 3.8) is 0 Å². The second kappa shape index (κ2) is 12.1. The van der Waals surface area contributed by atoms with Gasteiger partial charge in [-0.05, 0) is 68.7 Å². The van der Waals surface area contributed by atoms with Crippen molar-refractivity contribution in [2.45, 2.75) is 18.3 Å². The summed E-state index contributed by atoms with van der Waals surface area (Å²) in [5.41, 5.74) is 9.04. The molecule has 0 aliphatic heterocycles. The predicted molar refractivity (Wildman–Crippen MR) is 151 cm³/mol. The molecule has 0 fully saturated rings. The molecule has 0 bridgehead atoms. The van der Waals surface area contributed by atoms with E-state index in [0.29, 0.717) is 39.6 Å². The molecule has 1 heterocycles. The third-order valence-electron chi connectivity index (χ3n) is 7.16. The standard InChI is InChI=1S/C29H31BrN2O4S/c1-33-15-17-35-13-11-29(12-14-36-18-16-34-2)24-6-4-3-5-22(24)23-8-7-20(19-25(23)29)21-9-10-26(30)28-27(21)31-37-32-28/h3-10,19H,11-18H2,1-2H3. The number of hydrogen-bond acceptors (Lipinski definition) is 7. The van der Waals surface area contributed by atoms with Crippen LogP contribution in [0.4, 0.5) is 0 Å². The van der Waals surface area contributed by atoms with Crippen LogP contribution in [0.2, 0.25) is 0 Å². The zero-order valence-electron chi connectivity index (χ0n) is 21.2. The van der Waals surface area contributed by atoms with Crippen molar-refractivity contribution in [3.05, 3.63) is 70.2 Å². The molecule has 0 atom stereocenters. The molecule has 1 aliphatic rings. The van der Waals surface area contributed by atoms with Crippen molar-refractivity contribution in [1.29, 1.82) is 0 Å². The predicted octanol–water partition coefficient (Wildman–Crippen LogP) is 6.49. The summed E-state index contributed by atoms with van der Waals surface area (Å²) in [6.07, 6.45) is 1.71. The van der Waals surface area contributed by atoms with Gasteiger partial charge in [0.05, 0.1) is 38.2 Å². The fourth-order valence-corrected chi connectivity index (χ4v) is 6.44. The highest BCUT2D eigenvalue weighted by Crippen LogP contribution is 2.53. The SMILES string of the molecule is COCCOCCC1(CCOCCOC)c2ccccc2-c2ccc(-c3ccc(Br)c4nsnc34)cc21. The monoisotopic (exact) mass is 582 g/mol. The first kappa shape index (κ1) is 26.4. The van der Waals surface area contributed by atoms with Crippen LogP contribution in [-0.4, -0.2) is 62.6 Å². The minimum Gasteiger partial charge on any atom is -0.382 e. The number of benzene rings is 3. The molecule has 0 saturated heterocycles. The van der Waals surface area contributed by atoms with Crippen molar-refractivity contribution in [1.82, 2.24) is 8.75 Å². The van der Waals surface area contributed by atoms with E-state index >= 15 is 0 Å². The number of fused-ring (bicyclic) bond motifs is 4. The maximum Gasteiger partial charge on any atom is 0.119 e. The first-order valence-electron chi connectivity index (χ1n) is 12.5. The Morgan fingerprint density at radius 2 is 1.35 bits per heavy atom. The molecule has 8 heteroatoms. The van der Waals surface area contributed by atoms with E-state index in [0.717, 1.165) is 39.5 Å². The largest absolute Gasteiger partial charge is 0.382 e. The molecule has 0 spiro atoms. The van der Waals surface area contributed by atoms with E-state index in [2.05, 4.69) is 79.3 Å². The van der Waals surface area contributed by atoms with Gasteiger partial charge in [-0.15, -0.1) is 0 Å². The Bertz CT molecular complexity index is 1350. The molecule has 0 radical (unpaired) electrons. The van der Waals surface area contributed by atoms with E-state index in [9.17, 15) is 0 Å². The summed E-state index contributed by atoms with van der Waals surface area (Å²) in [4.78, 5) is 0. The van der Waals surface area contributed by atoms with Crippen LogP contribution in [0.15, 0.2) is 59.1 Å². The lowest BCUT2D eigenvalue weighted by atomic mass is 9.72. The maximum atomic E-state index is 6.00. The zero-order chi connectivity index (χ0) is 25.7. The van der Waals surface area contributed by atoms with E-state index in [-0.39, 0.29) is 5.41 Å². The Morgan fingerprint density at radius 1 is 0.703 bits per heavy atom. The van der Waals surface area contributed by atoms with Gasteiger partial charge in [0.2, 0.25) is 0 Å². The normalized spacial score (nSPS) is 13.7. The minimum atomic E-state index is -0.225. The van der Waals surface area contributed by atoms with Gasteiger partial charge in [-0.2, -0.15) is 8.75 Å². The maximum absolute atomic E-state index is 6.00. The number of halogens is 1. The zero-order valence-corrected chi connectivity index (χ0v) is 23.6. The smallest absolute Gasteiger partial charge is 0.119 e. The van der Waals surface area contributed by atoms with Gasteiger partial charge in [0.1, 0.15) is 11.0 Å². The summed E-state index contributed by atoms with van der Waals surface area (Å²) in [6, 6.07) is 19.8. The summed E-state index contributed by atoms with van der Waals surface area (Å²) in [6.45, 7) is 3.62. The Balaban J connectivity index is 1.57. The summed E-state index contributed by atoms with van der Waals surface area (Å²) >= 11 is 4.86. The highest BCUT2D eigenvalue weighted by atomic mass is 79.9. The van der Waals surface area contributed by atoms with Crippen molar-refractivity contribution in [2.75, 3.05) is 53.9 Å². The number of rotatable bonds is 13. The molecule has 1 aliphatic carbocycles. The number of methoxy groups -OCH3 is 2. The highest BCUT2D eigenvalue weighted by Gasteiger charge is 2.42. The van der Waals surface area contributed by atoms with E-state index in [4.69, 9.17) is 18.9 Å². The van der Waals surface area contributed by atoms with Crippen molar-refractivity contribution >= 4 is 38.7 Å². The van der Waals surface area contributed by atoms with Crippen molar-refractivity contribution < 1.29 is 18.9 Å². The number of ether oxygens (including phenoxy) is 4. The number of nitrogens with zero attached hydrogens (tertiary/aromatic N) is 2. The lowest BCUT2D eigenvalue weighted by molar-refractivity contribution is 0.0491. The van der Waals surface area contributed by atoms with Gasteiger partial charge in [0.25, 0.3) is 0 Å². The lowest BCUT2D eigenvalue weighted by Crippen LogP contribution is -2.29. The van der Waals surface area contributed by atoms with Gasteiger partial charge in [-0.1, -0.05) is 42.5 Å². The minimum absolute atomic E-state index is 0.225. The average Bonchev–Trinajstić information content (AvgIpc) is 3.52. The fourth-order valence-electron chi connectivity index (χ4n) is 5.34. The molecule has 1 aromatic heterocycles. The molecule has 194 valence electrons. The molecule has 0 unspecified atom stereocenters. The second-order valence-electron chi connectivity index (χ2n) is 9.15. The van der Waals surface area contributed by atoms with Gasteiger partial charge in [-0.25, -0.2) is 0 Å².